The summed E-state index contributed by atoms with van der Waals surface area (Å²) in [5.74, 6) is -0.990. The highest BCUT2D eigenvalue weighted by molar-refractivity contribution is 7.99. The lowest BCUT2D eigenvalue weighted by Gasteiger charge is -2.10. The van der Waals surface area contributed by atoms with Crippen molar-refractivity contribution in [3.8, 4) is 0 Å². The third kappa shape index (κ3) is 3.79. The molecular weight excluding hydrogens is 226 g/mol. The van der Waals surface area contributed by atoms with E-state index < -0.39 is 5.97 Å². The van der Waals surface area contributed by atoms with Crippen molar-refractivity contribution in [2.24, 2.45) is 0 Å². The molecule has 0 aliphatic heterocycles. The molecule has 1 aromatic heterocycles. The lowest BCUT2D eigenvalue weighted by atomic mass is 10.2. The lowest BCUT2D eigenvalue weighted by Crippen LogP contribution is -2.24. The number of hydrogen-bond donors (Lipinski definition) is 2. The predicted octanol–water partition coefficient (Wildman–Crippen LogP) is 1.02. The van der Waals surface area contributed by atoms with Crippen LogP contribution in [0.15, 0.2) is 12.5 Å². The van der Waals surface area contributed by atoms with Gasteiger partial charge in [-0.05, 0) is 6.26 Å². The number of rotatable bonds is 6. The number of nitrogens with one attached hydrogen (secondary N) is 1. The molecule has 0 saturated heterocycles. The highest BCUT2D eigenvalue weighted by Crippen LogP contribution is 2.05. The Morgan fingerprint density at radius 3 is 3.06 bits per heavy atom. The molecule has 0 spiro atoms. The smallest absolute Gasteiger partial charge is 0.339 e. The highest BCUT2D eigenvalue weighted by atomic mass is 32.2. The third-order valence-electron chi connectivity index (χ3n) is 2.15. The number of nitrogens with zero attached hydrogens (tertiary/aromatic N) is 2. The molecule has 0 radical (unpaired) electrons. The molecule has 0 aromatic carbocycles. The van der Waals surface area contributed by atoms with Crippen molar-refractivity contribution in [3.05, 3.63) is 23.8 Å². The first-order valence-electron chi connectivity index (χ1n) is 4.90. The van der Waals surface area contributed by atoms with E-state index in [4.69, 9.17) is 5.11 Å². The van der Waals surface area contributed by atoms with E-state index in [9.17, 15) is 4.79 Å². The molecule has 0 amide bonds. The minimum Gasteiger partial charge on any atom is -0.478 e. The van der Waals surface area contributed by atoms with Crippen molar-refractivity contribution >= 4 is 17.7 Å². The summed E-state index contributed by atoms with van der Waals surface area (Å²) in [5.41, 5.74) is 0.683. The van der Waals surface area contributed by atoms with Crippen LogP contribution in [0.5, 0.6) is 0 Å². The number of carboxylic acids is 1. The molecule has 5 nitrogen and oxygen atoms in total. The second-order valence-electron chi connectivity index (χ2n) is 3.37. The number of thioether (sulfide) groups is 1. The van der Waals surface area contributed by atoms with Gasteiger partial charge in [-0.3, -0.25) is 0 Å². The molecule has 0 saturated carbocycles. The van der Waals surface area contributed by atoms with Gasteiger partial charge in [-0.2, -0.15) is 11.8 Å². The minimum absolute atomic E-state index is 0.159. The molecule has 2 N–H and O–H groups in total. The van der Waals surface area contributed by atoms with Crippen LogP contribution in [-0.4, -0.2) is 39.1 Å². The molecule has 88 valence electrons. The summed E-state index contributed by atoms with van der Waals surface area (Å²) >= 11 is 1.76. The zero-order valence-electron chi connectivity index (χ0n) is 9.30. The average molecular weight is 241 g/mol. The van der Waals surface area contributed by atoms with Crippen molar-refractivity contribution in [2.45, 2.75) is 18.7 Å². The zero-order chi connectivity index (χ0) is 12.0. The standard InChI is InChI=1S/C10H15N3O2S/c1-7(16-2)3-11-5-9-8(10(14)15)4-12-6-13-9/h4,6-7,11H,3,5H2,1-2H3,(H,14,15). The Labute approximate surface area is 98.7 Å². The molecular formula is C10H15N3O2S. The van der Waals surface area contributed by atoms with Crippen LogP contribution < -0.4 is 5.32 Å². The Balaban J connectivity index is 2.56. The predicted molar refractivity (Wildman–Crippen MR) is 63.7 cm³/mol. The minimum atomic E-state index is -0.990. The van der Waals surface area contributed by atoms with Crippen LogP contribution in [0.3, 0.4) is 0 Å². The maximum atomic E-state index is 10.9. The Kier molecular flexibility index (Phi) is 5.21. The highest BCUT2D eigenvalue weighted by Gasteiger charge is 2.10. The van der Waals surface area contributed by atoms with E-state index >= 15 is 0 Å². The van der Waals surface area contributed by atoms with E-state index in [2.05, 4.69) is 22.2 Å². The molecule has 0 bridgehead atoms. The van der Waals surface area contributed by atoms with Crippen LogP contribution in [-0.2, 0) is 6.54 Å². The molecule has 16 heavy (non-hydrogen) atoms. The number of aromatic nitrogens is 2. The first-order valence-corrected chi connectivity index (χ1v) is 6.19. The SMILES string of the molecule is CSC(C)CNCc1ncncc1C(=O)O. The van der Waals surface area contributed by atoms with Gasteiger partial charge in [0.15, 0.2) is 0 Å². The quantitative estimate of drug-likeness (QED) is 0.774. The Morgan fingerprint density at radius 1 is 1.69 bits per heavy atom. The van der Waals surface area contributed by atoms with Gasteiger partial charge in [-0.15, -0.1) is 0 Å². The second kappa shape index (κ2) is 6.44. The first-order chi connectivity index (χ1) is 7.65. The summed E-state index contributed by atoms with van der Waals surface area (Å²) in [6.07, 6.45) is 4.73. The molecule has 0 aliphatic rings. The third-order valence-corrected chi connectivity index (χ3v) is 3.12. The molecule has 0 fully saturated rings. The largest absolute Gasteiger partial charge is 0.478 e. The van der Waals surface area contributed by atoms with Crippen LogP contribution >= 0.6 is 11.8 Å². The van der Waals surface area contributed by atoms with Gasteiger partial charge in [0, 0.05) is 24.5 Å². The summed E-state index contributed by atoms with van der Waals surface area (Å²) in [7, 11) is 0. The maximum Gasteiger partial charge on any atom is 0.339 e. The van der Waals surface area contributed by atoms with Gasteiger partial charge >= 0.3 is 5.97 Å². The molecule has 1 rings (SSSR count). The summed E-state index contributed by atoms with van der Waals surface area (Å²) in [4.78, 5) is 18.5. The Bertz CT molecular complexity index is 360. The first kappa shape index (κ1) is 12.9. The van der Waals surface area contributed by atoms with E-state index in [1.54, 1.807) is 11.8 Å². The van der Waals surface area contributed by atoms with Crippen molar-refractivity contribution < 1.29 is 9.90 Å². The van der Waals surface area contributed by atoms with Crippen LogP contribution in [0.2, 0.25) is 0 Å². The van der Waals surface area contributed by atoms with E-state index in [0.717, 1.165) is 6.54 Å². The molecule has 1 unspecified atom stereocenters. The average Bonchev–Trinajstić information content (AvgIpc) is 2.29. The van der Waals surface area contributed by atoms with Crippen LogP contribution in [0.4, 0.5) is 0 Å². The van der Waals surface area contributed by atoms with Gasteiger partial charge in [0.25, 0.3) is 0 Å². The fraction of sp³-hybridized carbons (Fsp3) is 0.500. The Morgan fingerprint density at radius 2 is 2.44 bits per heavy atom. The topological polar surface area (TPSA) is 75.1 Å². The summed E-state index contributed by atoms with van der Waals surface area (Å²) in [5, 5.41) is 12.6. The molecule has 1 aromatic rings. The Hall–Kier alpha value is -1.14. The molecule has 1 heterocycles. The van der Waals surface area contributed by atoms with Crippen molar-refractivity contribution in [1.29, 1.82) is 0 Å². The van der Waals surface area contributed by atoms with Crippen LogP contribution in [0, 0.1) is 0 Å². The summed E-state index contributed by atoms with van der Waals surface area (Å²) in [6.45, 7) is 3.38. The number of hydrogen-bond acceptors (Lipinski definition) is 5. The van der Waals surface area contributed by atoms with Gasteiger partial charge in [0.05, 0.1) is 5.69 Å². The van der Waals surface area contributed by atoms with Crippen LogP contribution in [0.1, 0.15) is 23.0 Å². The molecule has 6 heteroatoms. The maximum absolute atomic E-state index is 10.9. The van der Waals surface area contributed by atoms with Gasteiger partial charge in [0.1, 0.15) is 11.9 Å². The van der Waals surface area contributed by atoms with E-state index in [1.807, 2.05) is 6.26 Å². The molecule has 0 aliphatic carbocycles. The van der Waals surface area contributed by atoms with E-state index in [-0.39, 0.29) is 5.56 Å². The fourth-order valence-electron chi connectivity index (χ4n) is 1.15. The summed E-state index contributed by atoms with van der Waals surface area (Å²) in [6, 6.07) is 0. The van der Waals surface area contributed by atoms with Gasteiger partial charge < -0.3 is 10.4 Å². The second-order valence-corrected chi connectivity index (χ2v) is 4.64. The van der Waals surface area contributed by atoms with Gasteiger partial charge in [-0.25, -0.2) is 14.8 Å². The van der Waals surface area contributed by atoms with E-state index in [1.165, 1.54) is 12.5 Å². The lowest BCUT2D eigenvalue weighted by molar-refractivity contribution is 0.0694. The van der Waals surface area contributed by atoms with Crippen molar-refractivity contribution in [3.63, 3.8) is 0 Å². The number of carbonyl (C=O) groups is 1. The van der Waals surface area contributed by atoms with Crippen molar-refractivity contribution in [2.75, 3.05) is 12.8 Å². The normalized spacial score (nSPS) is 12.4. The van der Waals surface area contributed by atoms with E-state index in [0.29, 0.717) is 17.5 Å². The van der Waals surface area contributed by atoms with Gasteiger partial charge in [-0.1, -0.05) is 6.92 Å². The number of aromatic carboxylic acids is 1. The fourth-order valence-corrected chi connectivity index (χ4v) is 1.44. The van der Waals surface area contributed by atoms with Crippen molar-refractivity contribution in [1.82, 2.24) is 15.3 Å². The van der Waals surface area contributed by atoms with Gasteiger partial charge in [0.2, 0.25) is 0 Å². The zero-order valence-corrected chi connectivity index (χ0v) is 10.1. The van der Waals surface area contributed by atoms with Crippen LogP contribution in [0.25, 0.3) is 0 Å². The monoisotopic (exact) mass is 241 g/mol. The molecule has 1 atom stereocenters. The number of carboxylic acid groups (broad SMARTS) is 1. The summed E-state index contributed by atoms with van der Waals surface area (Å²) < 4.78 is 0.